The number of carbonyl (C=O) groups excluding carboxylic acids is 6. The van der Waals surface area contributed by atoms with Crippen LogP contribution in [0.2, 0.25) is 0 Å². The molecule has 0 saturated carbocycles. The van der Waals surface area contributed by atoms with Crippen LogP contribution in [-0.4, -0.2) is 76.4 Å². The van der Waals surface area contributed by atoms with Gasteiger partial charge in [-0.3, -0.25) is 19.2 Å². The van der Waals surface area contributed by atoms with Crippen LogP contribution in [0.4, 0.5) is 11.4 Å². The van der Waals surface area contributed by atoms with Gasteiger partial charge in [-0.25, -0.2) is 19.2 Å². The number of hydrogen-bond acceptors (Lipinski definition) is 14. The van der Waals surface area contributed by atoms with Crippen molar-refractivity contribution in [1.82, 2.24) is 10.6 Å². The summed E-state index contributed by atoms with van der Waals surface area (Å²) in [6.45, 7) is 4.90. The zero-order valence-electron chi connectivity index (χ0n) is 57.3. The quantitative estimate of drug-likeness (QED) is 0.0120. The Hall–Kier alpha value is -12.4. The molecule has 0 aliphatic carbocycles. The SMILES string of the molecule is CCCCCCCOc1ccc(C(=O)Oc2ccc(CC(NC(=O)c3ccc(NC(=O)Cc4cc(Oc5ccccc5)cc(C(CCCCCC)Oc5ccc(C(=O)Oc6ccc(CC(NC(=O)c7ccc(NC(=O)Cc8ccc(C#N)cc8)cc7)C(=O)O)cc6)cc5)c4)cc3)C(=O)O)cc2)cc1. The van der Waals surface area contributed by atoms with E-state index in [1.807, 2.05) is 48.5 Å². The maximum Gasteiger partial charge on any atom is 0.343 e. The molecule has 103 heavy (non-hydrogen) atoms. The first-order valence-electron chi connectivity index (χ1n) is 34.3. The number of unbranched alkanes of at least 4 members (excludes halogenated alkanes) is 7. The van der Waals surface area contributed by atoms with E-state index in [0.29, 0.717) is 75.2 Å². The van der Waals surface area contributed by atoms with Gasteiger partial charge in [-0.15, -0.1) is 0 Å². The predicted octanol–water partition coefficient (Wildman–Crippen LogP) is 15.4. The standard InChI is InChI=1S/C83H81N5O15/c1-3-5-7-9-14-46-99-67-42-30-62(31-43-67)82(97)102-70-38-22-55(23-39-70)49-74(81(95)96)88-79(92)61-28-36-66(37-29-61)86-77(90)52-59-47-64(53-72(48-59)100-68-15-11-10-12-16-68)75(17-13-8-6-4-2)101-69-44-32-63(33-45-69)83(98)103-71-40-24-56(25-41-71)50-73(80(93)94)87-78(91)60-26-34-65(35-27-60)85-76(89)51-57-18-20-58(54-84)21-19-57/h10-12,15-16,18-45,47-48,53,73-75H,3-9,13-14,17,46,49-52H2,1-2H3,(H,85,89)(H,86,90)(H,87,91)(H,88,92)(H,93,94)(H,95,96). The van der Waals surface area contributed by atoms with Gasteiger partial charge in [-0.1, -0.05) is 119 Å². The van der Waals surface area contributed by atoms with Crippen LogP contribution in [0, 0.1) is 11.3 Å². The minimum absolute atomic E-state index is 0.0619. The van der Waals surface area contributed by atoms with Crippen LogP contribution in [0.1, 0.15) is 159 Å². The molecule has 0 aliphatic heterocycles. The minimum Gasteiger partial charge on any atom is -0.494 e. The lowest BCUT2D eigenvalue weighted by molar-refractivity contribution is -0.140. The third-order valence-corrected chi connectivity index (χ3v) is 16.7. The third-order valence-electron chi connectivity index (χ3n) is 16.7. The van der Waals surface area contributed by atoms with E-state index in [1.54, 1.807) is 127 Å². The number of rotatable bonds is 37. The molecule has 3 unspecified atom stereocenters. The number of aliphatic carboxylic acids is 2. The summed E-state index contributed by atoms with van der Waals surface area (Å²) in [5.41, 5.74) is 5.40. The second-order valence-corrected chi connectivity index (χ2v) is 24.7. The fraction of sp³-hybridized carbons (Fsp3) is 0.241. The van der Waals surface area contributed by atoms with Crippen LogP contribution < -0.4 is 45.0 Å². The molecular formula is C83H81N5O15. The van der Waals surface area contributed by atoms with E-state index in [4.69, 9.17) is 28.9 Å². The van der Waals surface area contributed by atoms with Crippen molar-refractivity contribution < 1.29 is 72.3 Å². The summed E-state index contributed by atoms with van der Waals surface area (Å²) in [5.74, 6) is -3.06. The number of benzene rings is 9. The summed E-state index contributed by atoms with van der Waals surface area (Å²) in [6.07, 6.45) is 9.34. The Morgan fingerprint density at radius 2 is 0.874 bits per heavy atom. The van der Waals surface area contributed by atoms with E-state index >= 15 is 0 Å². The second-order valence-electron chi connectivity index (χ2n) is 24.7. The third kappa shape index (κ3) is 23.9. The van der Waals surface area contributed by atoms with Crippen LogP contribution in [0.15, 0.2) is 218 Å². The average molecular weight is 1390 g/mol. The summed E-state index contributed by atoms with van der Waals surface area (Å²) < 4.78 is 30.1. The van der Waals surface area contributed by atoms with Crippen LogP contribution in [-0.2, 0) is 44.9 Å². The highest BCUT2D eigenvalue weighted by molar-refractivity contribution is 5.99. The summed E-state index contributed by atoms with van der Waals surface area (Å²) >= 11 is 0. The second kappa shape index (κ2) is 38.3. The number of amides is 4. The summed E-state index contributed by atoms with van der Waals surface area (Å²) in [6, 6.07) is 58.8. The number of ether oxygens (including phenoxy) is 5. The van der Waals surface area contributed by atoms with Crippen LogP contribution in [0.25, 0.3) is 0 Å². The fourth-order valence-electron chi connectivity index (χ4n) is 11.1. The van der Waals surface area contributed by atoms with Crippen molar-refractivity contribution in [2.24, 2.45) is 0 Å². The van der Waals surface area contributed by atoms with E-state index in [9.17, 15) is 48.6 Å². The minimum atomic E-state index is -1.31. The largest absolute Gasteiger partial charge is 0.494 e. The lowest BCUT2D eigenvalue weighted by atomic mass is 9.98. The maximum atomic E-state index is 13.9. The van der Waals surface area contributed by atoms with Crippen molar-refractivity contribution in [1.29, 1.82) is 5.26 Å². The van der Waals surface area contributed by atoms with Gasteiger partial charge in [0, 0.05) is 35.3 Å². The van der Waals surface area contributed by atoms with Crippen molar-refractivity contribution in [2.75, 3.05) is 17.2 Å². The lowest BCUT2D eigenvalue weighted by Crippen LogP contribution is -2.42. The van der Waals surface area contributed by atoms with E-state index in [1.165, 1.54) is 67.8 Å². The van der Waals surface area contributed by atoms with Gasteiger partial charge in [0.1, 0.15) is 52.7 Å². The molecular weight excluding hydrogens is 1310 g/mol. The molecule has 0 spiro atoms. The Balaban J connectivity index is 0.775. The lowest BCUT2D eigenvalue weighted by Gasteiger charge is -2.22. The highest BCUT2D eigenvalue weighted by atomic mass is 16.5. The molecule has 0 saturated heterocycles. The van der Waals surface area contributed by atoms with E-state index in [0.717, 1.165) is 49.7 Å². The fourth-order valence-corrected chi connectivity index (χ4v) is 11.1. The molecule has 0 bridgehead atoms. The van der Waals surface area contributed by atoms with Crippen LogP contribution >= 0.6 is 0 Å². The average Bonchev–Trinajstić information content (AvgIpc) is 0.838. The number of carboxylic acids is 2. The van der Waals surface area contributed by atoms with Gasteiger partial charge in [0.2, 0.25) is 11.8 Å². The summed E-state index contributed by atoms with van der Waals surface area (Å²) in [5, 5.41) is 40.0. The molecule has 9 aromatic carbocycles. The topological polar surface area (TPSA) is 295 Å². The van der Waals surface area contributed by atoms with Gasteiger partial charge in [0.15, 0.2) is 0 Å². The van der Waals surface area contributed by atoms with Gasteiger partial charge < -0.3 is 55.2 Å². The van der Waals surface area contributed by atoms with Gasteiger partial charge in [-0.2, -0.15) is 5.26 Å². The number of nitrogens with zero attached hydrogens (tertiary/aromatic N) is 1. The Morgan fingerprint density at radius 1 is 0.427 bits per heavy atom. The zero-order valence-corrected chi connectivity index (χ0v) is 57.3. The Bertz CT molecular complexity index is 4370. The van der Waals surface area contributed by atoms with Crippen molar-refractivity contribution in [2.45, 2.75) is 122 Å². The Labute approximate surface area is 598 Å². The summed E-state index contributed by atoms with van der Waals surface area (Å²) in [7, 11) is 0. The number of carboxylic acid groups (broad SMARTS) is 2. The molecule has 20 nitrogen and oxygen atoms in total. The van der Waals surface area contributed by atoms with Crippen LogP contribution in [0.5, 0.6) is 34.5 Å². The number of para-hydroxylation sites is 1. The van der Waals surface area contributed by atoms with Gasteiger partial charge in [0.25, 0.3) is 11.8 Å². The molecule has 0 radical (unpaired) electrons. The van der Waals surface area contributed by atoms with Gasteiger partial charge in [0.05, 0.1) is 42.2 Å². The van der Waals surface area contributed by atoms with Crippen molar-refractivity contribution in [3.05, 3.63) is 274 Å². The van der Waals surface area contributed by atoms with Crippen LogP contribution in [0.3, 0.4) is 0 Å². The molecule has 0 heterocycles. The monoisotopic (exact) mass is 1390 g/mol. The molecule has 20 heteroatoms. The maximum absolute atomic E-state index is 13.9. The number of nitriles is 1. The molecule has 0 aliphatic rings. The highest BCUT2D eigenvalue weighted by Crippen LogP contribution is 2.34. The zero-order chi connectivity index (χ0) is 72.9. The van der Waals surface area contributed by atoms with Gasteiger partial charge >= 0.3 is 23.9 Å². The number of nitrogens with one attached hydrogen (secondary N) is 4. The van der Waals surface area contributed by atoms with E-state index < -0.39 is 53.9 Å². The first kappa shape index (κ1) is 74.8. The molecule has 4 amide bonds. The Morgan fingerprint density at radius 3 is 1.36 bits per heavy atom. The number of carbonyl (C=O) groups is 8. The molecule has 528 valence electrons. The molecule has 0 fully saturated rings. The Kier molecular flexibility index (Phi) is 27.8. The number of esters is 2. The molecule has 3 atom stereocenters. The van der Waals surface area contributed by atoms with Crippen molar-refractivity contribution in [3.8, 4) is 40.6 Å². The number of hydrogen-bond donors (Lipinski definition) is 6. The normalized spacial score (nSPS) is 11.7. The molecule has 9 aromatic rings. The van der Waals surface area contributed by atoms with E-state index in [2.05, 4.69) is 35.1 Å². The molecule has 6 N–H and O–H groups in total. The first-order valence-corrected chi connectivity index (χ1v) is 34.3. The molecule has 9 rings (SSSR count). The first-order chi connectivity index (χ1) is 49.9. The van der Waals surface area contributed by atoms with Gasteiger partial charge in [-0.05, 0) is 205 Å². The smallest absolute Gasteiger partial charge is 0.343 e. The van der Waals surface area contributed by atoms with E-state index in [-0.39, 0.29) is 65.7 Å². The highest BCUT2D eigenvalue weighted by Gasteiger charge is 2.25. The van der Waals surface area contributed by atoms with Crippen molar-refractivity contribution >= 4 is 58.9 Å². The summed E-state index contributed by atoms with van der Waals surface area (Å²) in [4.78, 5) is 104. The number of anilines is 2. The van der Waals surface area contributed by atoms with Crippen molar-refractivity contribution in [3.63, 3.8) is 0 Å². The molecule has 0 aromatic heterocycles. The predicted molar refractivity (Wildman–Crippen MR) is 389 cm³/mol.